The van der Waals surface area contributed by atoms with Gasteiger partial charge in [-0.2, -0.15) is 4.57 Å². The van der Waals surface area contributed by atoms with Gasteiger partial charge in [0.15, 0.2) is 5.78 Å². The van der Waals surface area contributed by atoms with E-state index in [0.29, 0.717) is 17.3 Å². The van der Waals surface area contributed by atoms with Gasteiger partial charge >= 0.3 is 7.82 Å². The van der Waals surface area contributed by atoms with Crippen LogP contribution in [0.2, 0.25) is 0 Å². The molecule has 0 aromatic carbocycles. The molecule has 0 radical (unpaired) electrons. The van der Waals surface area contributed by atoms with Crippen molar-refractivity contribution in [3.05, 3.63) is 17.3 Å². The van der Waals surface area contributed by atoms with Crippen molar-refractivity contribution in [3.63, 3.8) is 0 Å². The van der Waals surface area contributed by atoms with Gasteiger partial charge in [-0.3, -0.25) is 9.42 Å². The van der Waals surface area contributed by atoms with Gasteiger partial charge in [-0.15, -0.1) is 4.73 Å². The molecule has 3 aliphatic rings. The molecule has 4 rings (SSSR count). The Kier molecular flexibility index (Phi) is 0.996. The molecule has 0 spiro atoms. The first kappa shape index (κ1) is 7.59. The van der Waals surface area contributed by atoms with Crippen molar-refractivity contribution in [2.75, 3.05) is 0 Å². The second-order valence-electron chi connectivity index (χ2n) is 3.48. The number of phosphoric acid groups is 1. The summed E-state index contributed by atoms with van der Waals surface area (Å²) in [4.78, 5) is 11.2. The molecule has 1 aromatic rings. The highest BCUT2D eigenvalue weighted by Gasteiger charge is 2.54. The lowest BCUT2D eigenvalue weighted by Gasteiger charge is -2.05. The first-order valence-electron chi connectivity index (χ1n) is 4.34. The maximum Gasteiger partial charge on any atom is 0.668 e. The Bertz CT molecular complexity index is 599. The van der Waals surface area contributed by atoms with Gasteiger partial charge in [0.05, 0.1) is 12.1 Å². The Morgan fingerprint density at radius 2 is 2.20 bits per heavy atom. The number of phosphoric ester groups is 1. The summed E-state index contributed by atoms with van der Waals surface area (Å²) in [5.74, 6) is 0.701. The molecule has 2 aliphatic heterocycles. The Morgan fingerprint density at radius 3 is 3.00 bits per heavy atom. The quantitative estimate of drug-likeness (QED) is 0.615. The van der Waals surface area contributed by atoms with Crippen molar-refractivity contribution < 1.29 is 23.0 Å². The molecular formula is C8H4NO5P. The average Bonchev–Trinajstić information content (AvgIpc) is 2.73. The normalized spacial score (nSPS) is 28.4. The zero-order valence-electron chi connectivity index (χ0n) is 7.30. The van der Waals surface area contributed by atoms with E-state index in [1.807, 2.05) is 0 Å². The highest BCUT2D eigenvalue weighted by Crippen LogP contribution is 2.65. The second-order valence-corrected chi connectivity index (χ2v) is 4.90. The fourth-order valence-corrected chi connectivity index (χ4v) is 3.18. The highest BCUT2D eigenvalue weighted by atomic mass is 31.2. The Labute approximate surface area is 83.6 Å². The zero-order chi connectivity index (χ0) is 10.2. The summed E-state index contributed by atoms with van der Waals surface area (Å²) in [5, 5.41) is 0. The van der Waals surface area contributed by atoms with Gasteiger partial charge in [-0.05, 0) is 12.2 Å². The average molecular weight is 225 g/mol. The standard InChI is InChI=1S/C8H4NO5P/c10-4-1-2-5-6(3-4)9-8-7(5)12-15(11,13-8)14-9/h1-2H,3H2. The number of hydrogen-bond acceptors (Lipinski definition) is 5. The van der Waals surface area contributed by atoms with Gasteiger partial charge < -0.3 is 9.05 Å². The summed E-state index contributed by atoms with van der Waals surface area (Å²) >= 11 is 0. The Hall–Kier alpha value is -1.68. The number of aromatic nitrogens is 1. The third-order valence-corrected chi connectivity index (χ3v) is 3.71. The van der Waals surface area contributed by atoms with Crippen molar-refractivity contribution in [1.29, 1.82) is 0 Å². The van der Waals surface area contributed by atoms with Crippen LogP contribution in [-0.4, -0.2) is 10.5 Å². The molecular weight excluding hydrogens is 221 g/mol. The molecule has 3 heterocycles. The van der Waals surface area contributed by atoms with E-state index in [1.54, 1.807) is 6.08 Å². The summed E-state index contributed by atoms with van der Waals surface area (Å²) in [6.07, 6.45) is 3.31. The molecule has 1 aliphatic carbocycles. The molecule has 0 saturated heterocycles. The first-order valence-corrected chi connectivity index (χ1v) is 5.80. The summed E-state index contributed by atoms with van der Waals surface area (Å²) in [7, 11) is -3.45. The summed E-state index contributed by atoms with van der Waals surface area (Å²) in [6.45, 7) is 0. The van der Waals surface area contributed by atoms with Crippen LogP contribution in [0.4, 0.5) is 0 Å². The molecule has 7 heteroatoms. The van der Waals surface area contributed by atoms with E-state index in [9.17, 15) is 9.36 Å². The molecule has 15 heavy (non-hydrogen) atoms. The molecule has 0 N–H and O–H groups in total. The highest BCUT2D eigenvalue weighted by molar-refractivity contribution is 7.50. The Morgan fingerprint density at radius 1 is 1.33 bits per heavy atom. The smallest absolute Gasteiger partial charge is 0.378 e. The molecule has 0 fully saturated rings. The predicted molar refractivity (Wildman–Crippen MR) is 47.6 cm³/mol. The molecule has 1 unspecified atom stereocenters. The lowest BCUT2D eigenvalue weighted by molar-refractivity contribution is -0.114. The maximum absolute atomic E-state index is 11.6. The predicted octanol–water partition coefficient (Wildman–Crippen LogP) is 0.948. The zero-order valence-corrected chi connectivity index (χ0v) is 8.19. The lowest BCUT2D eigenvalue weighted by atomic mass is 10.0. The minimum Gasteiger partial charge on any atom is -0.378 e. The van der Waals surface area contributed by atoms with Gasteiger partial charge in [0, 0.05) is 5.56 Å². The minimum absolute atomic E-state index is 0.0263. The van der Waals surface area contributed by atoms with E-state index < -0.39 is 7.82 Å². The van der Waals surface area contributed by atoms with Crippen LogP contribution in [0, 0.1) is 0 Å². The summed E-state index contributed by atoms with van der Waals surface area (Å²) in [6, 6.07) is 0. The molecule has 1 aromatic heterocycles. The molecule has 76 valence electrons. The van der Waals surface area contributed by atoms with Crippen LogP contribution < -0.4 is 13.7 Å². The fourth-order valence-electron chi connectivity index (χ4n) is 1.93. The topological polar surface area (TPSA) is 66.8 Å². The van der Waals surface area contributed by atoms with E-state index in [-0.39, 0.29) is 12.2 Å². The number of carbonyl (C=O) groups is 1. The number of nitrogens with zero attached hydrogens (tertiary/aromatic N) is 1. The van der Waals surface area contributed by atoms with Gasteiger partial charge in [0.2, 0.25) is 5.75 Å². The van der Waals surface area contributed by atoms with Crippen molar-refractivity contribution >= 4 is 19.7 Å². The minimum atomic E-state index is -3.45. The SMILES string of the molecule is O=C1C=Cc2c3c4n(c2C1)OP(=O)(O3)O4. The van der Waals surface area contributed by atoms with Gasteiger partial charge in [-0.1, -0.05) is 0 Å². The van der Waals surface area contributed by atoms with Crippen molar-refractivity contribution in [2.24, 2.45) is 0 Å². The van der Waals surface area contributed by atoms with Crippen LogP contribution in [-0.2, 0) is 15.8 Å². The largest absolute Gasteiger partial charge is 0.668 e. The number of fused-ring (bicyclic) bond motifs is 4. The molecule has 6 nitrogen and oxygen atoms in total. The number of allylic oxidation sites excluding steroid dienone is 1. The van der Waals surface area contributed by atoms with E-state index in [1.165, 1.54) is 10.8 Å². The van der Waals surface area contributed by atoms with Crippen LogP contribution in [0.5, 0.6) is 11.6 Å². The third kappa shape index (κ3) is 0.733. The maximum atomic E-state index is 11.6. The van der Waals surface area contributed by atoms with Crippen molar-refractivity contribution in [3.8, 4) is 11.6 Å². The monoisotopic (exact) mass is 225 g/mol. The van der Waals surface area contributed by atoms with Crippen LogP contribution in [0.3, 0.4) is 0 Å². The van der Waals surface area contributed by atoms with E-state index in [4.69, 9.17) is 13.7 Å². The number of rotatable bonds is 0. The third-order valence-electron chi connectivity index (χ3n) is 2.54. The van der Waals surface area contributed by atoms with Crippen LogP contribution in [0.1, 0.15) is 11.3 Å². The fraction of sp³-hybridized carbons (Fsp3) is 0.125. The molecule has 0 amide bonds. The van der Waals surface area contributed by atoms with Crippen molar-refractivity contribution in [2.45, 2.75) is 6.42 Å². The number of hydrogen-bond donors (Lipinski definition) is 0. The van der Waals surface area contributed by atoms with Crippen LogP contribution >= 0.6 is 7.82 Å². The van der Waals surface area contributed by atoms with E-state index in [2.05, 4.69) is 0 Å². The first-order chi connectivity index (χ1) is 7.16. The number of carbonyl (C=O) groups excluding carboxylic acids is 1. The Balaban J connectivity index is 2.07. The summed E-state index contributed by atoms with van der Waals surface area (Å²) in [5.41, 5.74) is 1.36. The van der Waals surface area contributed by atoms with E-state index in [0.717, 1.165) is 5.56 Å². The number of ketones is 1. The van der Waals surface area contributed by atoms with Gasteiger partial charge in [0.1, 0.15) is 0 Å². The summed E-state index contributed by atoms with van der Waals surface area (Å²) < 4.78 is 28.0. The second kappa shape index (κ2) is 1.97. The van der Waals surface area contributed by atoms with Crippen LogP contribution in [0.15, 0.2) is 6.08 Å². The molecule has 0 saturated carbocycles. The van der Waals surface area contributed by atoms with Gasteiger partial charge in [-0.25, -0.2) is 0 Å². The van der Waals surface area contributed by atoms with Crippen molar-refractivity contribution in [1.82, 2.24) is 4.73 Å². The molecule has 2 bridgehead atoms. The molecule has 1 atom stereocenters. The van der Waals surface area contributed by atoms with E-state index >= 15 is 0 Å². The van der Waals surface area contributed by atoms with Gasteiger partial charge in [0.25, 0.3) is 5.88 Å². The lowest BCUT2D eigenvalue weighted by Crippen LogP contribution is -2.12. The van der Waals surface area contributed by atoms with Crippen LogP contribution in [0.25, 0.3) is 6.08 Å².